The minimum atomic E-state index is -1.02. The van der Waals surface area contributed by atoms with Gasteiger partial charge in [0.05, 0.1) is 17.2 Å². The Bertz CT molecular complexity index is 433. The number of nitrogens with two attached hydrogens (primary N) is 1. The number of benzene rings is 1. The Labute approximate surface area is 87.9 Å². The largest absolute Gasteiger partial charge is 0.478 e. The van der Waals surface area contributed by atoms with Gasteiger partial charge in [-0.05, 0) is 29.7 Å². The summed E-state index contributed by atoms with van der Waals surface area (Å²) in [6, 6.07) is 4.91. The van der Waals surface area contributed by atoms with E-state index in [4.69, 9.17) is 16.1 Å². The summed E-state index contributed by atoms with van der Waals surface area (Å²) in [5.41, 5.74) is 7.59. The lowest BCUT2D eigenvalue weighted by atomic mass is 9.96. The molecule has 4 nitrogen and oxygen atoms in total. The summed E-state index contributed by atoms with van der Waals surface area (Å²) in [6.45, 7) is 2.16. The average Bonchev–Trinajstić information content (AvgIpc) is 2.26. The number of rotatable bonds is 3. The van der Waals surface area contributed by atoms with Gasteiger partial charge in [0.2, 0.25) is 0 Å². The van der Waals surface area contributed by atoms with Gasteiger partial charge >= 0.3 is 5.97 Å². The molecule has 1 rings (SSSR count). The van der Waals surface area contributed by atoms with Crippen LogP contribution in [0.5, 0.6) is 0 Å². The highest BCUT2D eigenvalue weighted by Crippen LogP contribution is 2.17. The smallest absolute Gasteiger partial charge is 0.335 e. The highest BCUT2D eigenvalue weighted by molar-refractivity contribution is 5.88. The molecule has 0 heterocycles. The first kappa shape index (κ1) is 11.2. The predicted molar refractivity (Wildman–Crippen MR) is 55.4 cm³/mol. The summed E-state index contributed by atoms with van der Waals surface area (Å²) < 4.78 is 0. The summed E-state index contributed by atoms with van der Waals surface area (Å²) in [4.78, 5) is 10.8. The molecule has 3 N–H and O–H groups in total. The lowest BCUT2D eigenvalue weighted by molar-refractivity contribution is 0.0696. The van der Waals surface area contributed by atoms with E-state index in [1.165, 1.54) is 6.07 Å². The third kappa shape index (κ3) is 2.14. The molecular weight excluding hydrogens is 192 g/mol. The lowest BCUT2D eigenvalue weighted by Gasteiger charge is -2.09. The van der Waals surface area contributed by atoms with E-state index in [1.807, 2.05) is 13.0 Å². The van der Waals surface area contributed by atoms with Gasteiger partial charge in [0, 0.05) is 6.54 Å². The summed E-state index contributed by atoms with van der Waals surface area (Å²) in [6.07, 6.45) is 0.669. The van der Waals surface area contributed by atoms with Gasteiger partial charge in [0.1, 0.15) is 0 Å². The topological polar surface area (TPSA) is 87.1 Å². The first-order valence-electron chi connectivity index (χ1n) is 4.63. The van der Waals surface area contributed by atoms with Gasteiger partial charge in [0.15, 0.2) is 0 Å². The van der Waals surface area contributed by atoms with Gasteiger partial charge in [-0.15, -0.1) is 0 Å². The normalized spacial score (nSPS) is 9.67. The van der Waals surface area contributed by atoms with Crippen molar-refractivity contribution in [2.75, 3.05) is 0 Å². The number of carboxylic acid groups (broad SMARTS) is 1. The molecule has 0 saturated heterocycles. The fourth-order valence-corrected chi connectivity index (χ4v) is 1.51. The summed E-state index contributed by atoms with van der Waals surface area (Å²) >= 11 is 0. The number of hydrogen-bond acceptors (Lipinski definition) is 3. The minimum absolute atomic E-state index is 0.139. The molecule has 0 aliphatic rings. The monoisotopic (exact) mass is 204 g/mol. The van der Waals surface area contributed by atoms with E-state index in [0.29, 0.717) is 12.0 Å². The zero-order chi connectivity index (χ0) is 11.4. The van der Waals surface area contributed by atoms with E-state index in [-0.39, 0.29) is 12.1 Å². The first-order valence-corrected chi connectivity index (χ1v) is 4.63. The maximum absolute atomic E-state index is 10.8. The number of hydrogen-bond donors (Lipinski definition) is 2. The summed E-state index contributed by atoms with van der Waals surface area (Å²) in [5, 5.41) is 17.7. The molecule has 0 fully saturated rings. The van der Waals surface area contributed by atoms with Crippen molar-refractivity contribution in [1.82, 2.24) is 0 Å². The van der Waals surface area contributed by atoms with E-state index in [9.17, 15) is 4.79 Å². The Morgan fingerprint density at radius 1 is 1.60 bits per heavy atom. The Morgan fingerprint density at radius 3 is 2.67 bits per heavy atom. The molecular formula is C11H12N2O2. The number of aromatic carboxylic acids is 1. The van der Waals surface area contributed by atoms with Gasteiger partial charge < -0.3 is 10.8 Å². The van der Waals surface area contributed by atoms with Gasteiger partial charge in [-0.25, -0.2) is 4.79 Å². The molecule has 4 heteroatoms. The Kier molecular flexibility index (Phi) is 3.42. The van der Waals surface area contributed by atoms with E-state index >= 15 is 0 Å². The SMILES string of the molecule is CCc1cc(C(=O)O)cc(C#N)c1CN. The standard InChI is InChI=1S/C11H12N2O2/c1-2-7-3-8(11(14)15)4-9(5-12)10(7)6-13/h3-4H,2,6,13H2,1H3,(H,14,15). The number of carboxylic acids is 1. The molecule has 78 valence electrons. The van der Waals surface area contributed by atoms with Crippen LogP contribution in [0, 0.1) is 11.3 Å². The second-order valence-corrected chi connectivity index (χ2v) is 3.14. The molecule has 0 aliphatic carbocycles. The third-order valence-electron chi connectivity index (χ3n) is 2.29. The third-order valence-corrected chi connectivity index (χ3v) is 2.29. The van der Waals surface area contributed by atoms with Crippen molar-refractivity contribution in [3.05, 3.63) is 34.4 Å². The molecule has 0 saturated carbocycles. The molecule has 0 atom stereocenters. The molecule has 0 aliphatic heterocycles. The van der Waals surface area contributed by atoms with Gasteiger partial charge in [-0.2, -0.15) is 5.26 Å². The Hall–Kier alpha value is -1.86. The molecule has 1 aromatic rings. The molecule has 0 radical (unpaired) electrons. The number of aryl methyl sites for hydroxylation is 1. The number of carbonyl (C=O) groups is 1. The Balaban J connectivity index is 3.44. The highest BCUT2D eigenvalue weighted by Gasteiger charge is 2.11. The zero-order valence-electron chi connectivity index (χ0n) is 8.45. The van der Waals surface area contributed by atoms with Crippen molar-refractivity contribution in [2.45, 2.75) is 19.9 Å². The fourth-order valence-electron chi connectivity index (χ4n) is 1.51. The van der Waals surface area contributed by atoms with Gasteiger partial charge in [-0.1, -0.05) is 6.92 Å². The Morgan fingerprint density at radius 2 is 2.27 bits per heavy atom. The van der Waals surface area contributed by atoms with E-state index in [2.05, 4.69) is 0 Å². The van der Waals surface area contributed by atoms with Crippen LogP contribution in [-0.4, -0.2) is 11.1 Å². The van der Waals surface area contributed by atoms with Crippen LogP contribution in [0.15, 0.2) is 12.1 Å². The van der Waals surface area contributed by atoms with Crippen LogP contribution < -0.4 is 5.73 Å². The van der Waals surface area contributed by atoms with Crippen LogP contribution in [0.4, 0.5) is 0 Å². The maximum atomic E-state index is 10.8. The molecule has 0 amide bonds. The molecule has 0 aromatic heterocycles. The minimum Gasteiger partial charge on any atom is -0.478 e. The van der Waals surface area contributed by atoms with Crippen LogP contribution in [0.25, 0.3) is 0 Å². The molecule has 0 unspecified atom stereocenters. The van der Waals surface area contributed by atoms with Crippen LogP contribution in [-0.2, 0) is 13.0 Å². The maximum Gasteiger partial charge on any atom is 0.335 e. The average molecular weight is 204 g/mol. The summed E-state index contributed by atoms with van der Waals surface area (Å²) in [7, 11) is 0. The summed E-state index contributed by atoms with van der Waals surface area (Å²) in [5.74, 6) is -1.02. The van der Waals surface area contributed by atoms with Crippen LogP contribution in [0.1, 0.15) is 34.0 Å². The van der Waals surface area contributed by atoms with Crippen LogP contribution in [0.2, 0.25) is 0 Å². The van der Waals surface area contributed by atoms with E-state index in [1.54, 1.807) is 6.07 Å². The highest BCUT2D eigenvalue weighted by atomic mass is 16.4. The van der Waals surface area contributed by atoms with Crippen LogP contribution >= 0.6 is 0 Å². The van der Waals surface area contributed by atoms with Gasteiger partial charge in [-0.3, -0.25) is 0 Å². The molecule has 1 aromatic carbocycles. The van der Waals surface area contributed by atoms with Crippen molar-refractivity contribution in [2.24, 2.45) is 5.73 Å². The molecule has 0 bridgehead atoms. The van der Waals surface area contributed by atoms with E-state index in [0.717, 1.165) is 11.1 Å². The van der Waals surface area contributed by atoms with Crippen molar-refractivity contribution in [1.29, 1.82) is 5.26 Å². The van der Waals surface area contributed by atoms with Crippen LogP contribution in [0.3, 0.4) is 0 Å². The van der Waals surface area contributed by atoms with E-state index < -0.39 is 5.97 Å². The predicted octanol–water partition coefficient (Wildman–Crippen LogP) is 1.28. The fraction of sp³-hybridized carbons (Fsp3) is 0.273. The molecule has 0 spiro atoms. The van der Waals surface area contributed by atoms with Crippen molar-refractivity contribution in [3.63, 3.8) is 0 Å². The first-order chi connectivity index (χ1) is 7.13. The van der Waals surface area contributed by atoms with Crippen molar-refractivity contribution < 1.29 is 9.90 Å². The second kappa shape index (κ2) is 4.58. The molecule has 15 heavy (non-hydrogen) atoms. The van der Waals surface area contributed by atoms with Crippen molar-refractivity contribution >= 4 is 5.97 Å². The second-order valence-electron chi connectivity index (χ2n) is 3.14. The van der Waals surface area contributed by atoms with Gasteiger partial charge in [0.25, 0.3) is 0 Å². The quantitative estimate of drug-likeness (QED) is 0.776. The number of nitrogens with zero attached hydrogens (tertiary/aromatic N) is 1. The lowest BCUT2D eigenvalue weighted by Crippen LogP contribution is -2.07. The number of nitriles is 1. The zero-order valence-corrected chi connectivity index (χ0v) is 8.45. The van der Waals surface area contributed by atoms with Crippen molar-refractivity contribution in [3.8, 4) is 6.07 Å².